The first kappa shape index (κ1) is 34.1. The molecule has 0 saturated carbocycles. The van der Waals surface area contributed by atoms with E-state index in [1.165, 1.54) is 0 Å². The smallest absolute Gasteiger partial charge is 0.144 e. The zero-order valence-electron chi connectivity index (χ0n) is 32.6. The minimum Gasteiger partial charge on any atom is -0.455 e. The Kier molecular flexibility index (Phi) is 7.89. The molecule has 60 heavy (non-hydrogen) atoms. The van der Waals surface area contributed by atoms with Crippen LogP contribution in [0.4, 0.5) is 0 Å². The maximum atomic E-state index is 7.38. The molecule has 2 aromatic heterocycles. The van der Waals surface area contributed by atoms with Gasteiger partial charge in [-0.2, -0.15) is 0 Å². The van der Waals surface area contributed by atoms with Crippen LogP contribution in [0.25, 0.3) is 121 Å². The predicted molar refractivity (Wildman–Crippen MR) is 251 cm³/mol. The van der Waals surface area contributed by atoms with Crippen LogP contribution in [0.15, 0.2) is 227 Å². The molecule has 2 heteroatoms. The van der Waals surface area contributed by atoms with Gasteiger partial charge in [0.1, 0.15) is 22.7 Å². The third-order valence-corrected chi connectivity index (χ3v) is 12.1. The van der Waals surface area contributed by atoms with Gasteiger partial charge in [-0.3, -0.25) is 0 Å². The van der Waals surface area contributed by atoms with E-state index in [0.717, 1.165) is 121 Å². The second-order valence-electron chi connectivity index (χ2n) is 15.5. The molecule has 0 aliphatic carbocycles. The Morgan fingerprint density at radius 2 is 0.567 bits per heavy atom. The van der Waals surface area contributed by atoms with Gasteiger partial charge in [-0.05, 0) is 66.7 Å². The molecule has 0 spiro atoms. The summed E-state index contributed by atoms with van der Waals surface area (Å²) < 4.78 is 14.8. The predicted octanol–water partition coefficient (Wildman–Crippen LogP) is 16.6. The van der Waals surface area contributed by atoms with Crippen LogP contribution in [0.2, 0.25) is 0 Å². The number of hydrogen-bond donors (Lipinski definition) is 0. The molecule has 0 amide bonds. The summed E-state index contributed by atoms with van der Waals surface area (Å²) in [4.78, 5) is 0. The van der Waals surface area contributed by atoms with Crippen molar-refractivity contribution in [3.05, 3.63) is 218 Å². The summed E-state index contributed by atoms with van der Waals surface area (Å²) in [7, 11) is 0. The summed E-state index contributed by atoms with van der Waals surface area (Å²) in [5, 5.41) is 8.87. The molecule has 0 atom stereocenters. The fraction of sp³-hybridized carbons (Fsp3) is 0. The van der Waals surface area contributed by atoms with Crippen LogP contribution in [0.3, 0.4) is 0 Å². The van der Waals surface area contributed by atoms with E-state index in [1.54, 1.807) is 0 Å². The Balaban J connectivity index is 1.26. The van der Waals surface area contributed by atoms with Gasteiger partial charge >= 0.3 is 0 Å². The number of benzene rings is 10. The van der Waals surface area contributed by atoms with Gasteiger partial charge < -0.3 is 8.83 Å². The average Bonchev–Trinajstić information content (AvgIpc) is 3.90. The van der Waals surface area contributed by atoms with E-state index in [0.29, 0.717) is 0 Å². The molecular weight excluding hydrogens is 729 g/mol. The second-order valence-corrected chi connectivity index (χ2v) is 15.5. The van der Waals surface area contributed by atoms with Crippen molar-refractivity contribution in [2.24, 2.45) is 0 Å². The van der Waals surface area contributed by atoms with Gasteiger partial charge in [-0.25, -0.2) is 0 Å². The first-order chi connectivity index (χ1) is 29.8. The van der Waals surface area contributed by atoms with Crippen molar-refractivity contribution in [3.8, 4) is 67.2 Å². The van der Waals surface area contributed by atoms with E-state index in [-0.39, 0.29) is 0 Å². The number of rotatable bonds is 6. The molecule has 280 valence electrons. The third kappa shape index (κ3) is 5.35. The highest BCUT2D eigenvalue weighted by Gasteiger charge is 2.29. The van der Waals surface area contributed by atoms with E-state index in [2.05, 4.69) is 218 Å². The maximum absolute atomic E-state index is 7.38. The number of para-hydroxylation sites is 2. The van der Waals surface area contributed by atoms with E-state index >= 15 is 0 Å². The van der Waals surface area contributed by atoms with E-state index in [4.69, 9.17) is 8.83 Å². The van der Waals surface area contributed by atoms with Crippen LogP contribution in [0, 0.1) is 0 Å². The Morgan fingerprint density at radius 1 is 0.233 bits per heavy atom. The quantitative estimate of drug-likeness (QED) is 0.158. The van der Waals surface area contributed by atoms with Crippen LogP contribution in [0.1, 0.15) is 0 Å². The summed E-state index contributed by atoms with van der Waals surface area (Å²) in [6.07, 6.45) is 0. The lowest BCUT2D eigenvalue weighted by molar-refractivity contribution is 0.633. The molecule has 0 unspecified atom stereocenters. The lowest BCUT2D eigenvalue weighted by atomic mass is 9.85. The Morgan fingerprint density at radius 3 is 0.967 bits per heavy atom. The lowest BCUT2D eigenvalue weighted by Gasteiger charge is -2.18. The summed E-state index contributed by atoms with van der Waals surface area (Å²) in [6.45, 7) is 0. The number of hydrogen-bond acceptors (Lipinski definition) is 2. The van der Waals surface area contributed by atoms with Gasteiger partial charge in [0.05, 0.1) is 0 Å². The normalized spacial score (nSPS) is 11.7. The van der Waals surface area contributed by atoms with Crippen LogP contribution in [-0.2, 0) is 0 Å². The minimum absolute atomic E-state index is 0.849. The Labute approximate surface area is 347 Å². The highest BCUT2D eigenvalue weighted by Crippen LogP contribution is 2.53. The van der Waals surface area contributed by atoms with E-state index < -0.39 is 0 Å². The van der Waals surface area contributed by atoms with Crippen molar-refractivity contribution in [2.75, 3.05) is 0 Å². The molecule has 10 aromatic carbocycles. The molecule has 0 N–H and O–H groups in total. The van der Waals surface area contributed by atoms with Gasteiger partial charge in [0.25, 0.3) is 0 Å². The molecule has 0 aliphatic heterocycles. The second kappa shape index (κ2) is 13.9. The lowest BCUT2D eigenvalue weighted by Crippen LogP contribution is -1.92. The monoisotopic (exact) mass is 764 g/mol. The SMILES string of the molecule is c1ccc(-c2c(-c3c4ccccc4c(-c4oc5c(-c6ccccc6)cccc5c4-c4ccccc4)c4cc5ccccc5cc34)oc3c(-c4ccccc4)cccc23)cc1. The number of fused-ring (bicyclic) bond motifs is 5. The summed E-state index contributed by atoms with van der Waals surface area (Å²) >= 11 is 0. The Hall–Kier alpha value is -7.94. The molecule has 12 rings (SSSR count). The van der Waals surface area contributed by atoms with Crippen molar-refractivity contribution in [1.29, 1.82) is 0 Å². The molecular formula is C58H36O2. The van der Waals surface area contributed by atoms with Crippen molar-refractivity contribution in [3.63, 3.8) is 0 Å². The maximum Gasteiger partial charge on any atom is 0.144 e. The zero-order chi connectivity index (χ0) is 39.6. The van der Waals surface area contributed by atoms with Gasteiger partial charge in [0.2, 0.25) is 0 Å². The summed E-state index contributed by atoms with van der Waals surface area (Å²) in [5.41, 5.74) is 12.6. The standard InChI is InChI=1S/C58H36O2/c1-5-19-37(20-6-1)43-31-17-33-47-51(39-23-9-3-10-24-39)57(59-55(43)47)53-45-29-15-16-30-46(45)54(50-36-42-28-14-13-27-41(42)35-49(50)53)58-52(40-25-11-4-12-26-40)48-34-18-32-44(56(48)60-58)38-21-7-2-8-22-38/h1-36H. The van der Waals surface area contributed by atoms with Crippen LogP contribution < -0.4 is 0 Å². The van der Waals surface area contributed by atoms with Gasteiger partial charge in [0, 0.05) is 44.2 Å². The third-order valence-electron chi connectivity index (χ3n) is 12.1. The van der Waals surface area contributed by atoms with Crippen molar-refractivity contribution >= 4 is 54.3 Å². The first-order valence-electron chi connectivity index (χ1n) is 20.5. The minimum atomic E-state index is 0.849. The summed E-state index contributed by atoms with van der Waals surface area (Å²) in [6, 6.07) is 77.7. The molecule has 0 aliphatic rings. The zero-order valence-corrected chi connectivity index (χ0v) is 32.6. The van der Waals surface area contributed by atoms with Gasteiger partial charge in [0.15, 0.2) is 0 Å². The van der Waals surface area contributed by atoms with Crippen LogP contribution in [-0.4, -0.2) is 0 Å². The van der Waals surface area contributed by atoms with Gasteiger partial charge in [-0.1, -0.05) is 206 Å². The van der Waals surface area contributed by atoms with Crippen molar-refractivity contribution in [2.45, 2.75) is 0 Å². The van der Waals surface area contributed by atoms with Gasteiger partial charge in [-0.15, -0.1) is 0 Å². The Bertz CT molecular complexity index is 3320. The molecule has 0 saturated heterocycles. The highest BCUT2D eigenvalue weighted by atomic mass is 16.3. The van der Waals surface area contributed by atoms with Crippen LogP contribution in [0.5, 0.6) is 0 Å². The molecule has 12 aromatic rings. The fourth-order valence-corrected chi connectivity index (χ4v) is 9.42. The molecule has 2 nitrogen and oxygen atoms in total. The largest absolute Gasteiger partial charge is 0.455 e. The molecule has 0 bridgehead atoms. The fourth-order valence-electron chi connectivity index (χ4n) is 9.42. The summed E-state index contributed by atoms with van der Waals surface area (Å²) in [5.74, 6) is 1.70. The van der Waals surface area contributed by atoms with Crippen LogP contribution >= 0.6 is 0 Å². The molecule has 0 fully saturated rings. The topological polar surface area (TPSA) is 26.3 Å². The molecule has 0 radical (unpaired) electrons. The van der Waals surface area contributed by atoms with Crippen molar-refractivity contribution in [1.82, 2.24) is 0 Å². The molecule has 2 heterocycles. The highest BCUT2D eigenvalue weighted by molar-refractivity contribution is 6.26. The van der Waals surface area contributed by atoms with E-state index in [9.17, 15) is 0 Å². The number of furan rings is 2. The average molecular weight is 765 g/mol. The van der Waals surface area contributed by atoms with E-state index in [1.807, 2.05) is 0 Å². The first-order valence-corrected chi connectivity index (χ1v) is 20.5. The van der Waals surface area contributed by atoms with Crippen molar-refractivity contribution < 1.29 is 8.83 Å².